The maximum Gasteiger partial charge on any atom is 0.0441 e. The van der Waals surface area contributed by atoms with Gasteiger partial charge >= 0.3 is 0 Å². The molecule has 1 aromatic rings. The average Bonchev–Trinajstić information content (AvgIpc) is 2.29. The van der Waals surface area contributed by atoms with Crippen molar-refractivity contribution in [1.82, 2.24) is 4.98 Å². The van der Waals surface area contributed by atoms with Crippen LogP contribution in [0.15, 0.2) is 24.4 Å². The minimum atomic E-state index is 1.12. The third kappa shape index (κ3) is 6.27. The van der Waals surface area contributed by atoms with E-state index in [1.807, 2.05) is 18.3 Å². The Balaban J connectivity index is 1.93. The van der Waals surface area contributed by atoms with E-state index in [9.17, 15) is 0 Å². The highest BCUT2D eigenvalue weighted by molar-refractivity contribution is 5.12. The first-order valence-corrected chi connectivity index (χ1v) is 6.17. The van der Waals surface area contributed by atoms with Crippen LogP contribution in [0.25, 0.3) is 0 Å². The second kappa shape index (κ2) is 8.46. The third-order valence-corrected chi connectivity index (χ3v) is 2.60. The van der Waals surface area contributed by atoms with Crippen molar-refractivity contribution in [3.8, 4) is 0 Å². The first kappa shape index (κ1) is 12.2. The average molecular weight is 204 g/mol. The molecule has 1 nitrogen and oxygen atoms in total. The highest BCUT2D eigenvalue weighted by Crippen LogP contribution is 2.10. The van der Waals surface area contributed by atoms with Crippen LogP contribution in [0.1, 0.15) is 57.6 Å². The zero-order valence-electron chi connectivity index (χ0n) is 9.78. The maximum atomic E-state index is 4.27. The Labute approximate surface area is 93.9 Å². The normalized spacial score (nSPS) is 10.5. The lowest BCUT2D eigenvalue weighted by Gasteiger charge is -2.00. The topological polar surface area (TPSA) is 12.9 Å². The summed E-state index contributed by atoms with van der Waals surface area (Å²) in [5.41, 5.74) is 1.12. The molecule has 1 heterocycles. The van der Waals surface area contributed by atoms with Crippen molar-refractivity contribution < 1.29 is 0 Å². The zero-order chi connectivity index (χ0) is 10.8. The molecule has 0 fully saturated rings. The number of hydrogen-bond donors (Lipinski definition) is 0. The first-order valence-electron chi connectivity index (χ1n) is 6.17. The molecule has 0 N–H and O–H groups in total. The summed E-state index contributed by atoms with van der Waals surface area (Å²) in [5, 5.41) is 0. The van der Waals surface area contributed by atoms with Gasteiger partial charge in [0.05, 0.1) is 0 Å². The van der Waals surface area contributed by atoms with Gasteiger partial charge in [0, 0.05) is 18.3 Å². The third-order valence-electron chi connectivity index (χ3n) is 2.60. The predicted molar refractivity (Wildman–Crippen MR) is 65.6 cm³/mol. The highest BCUT2D eigenvalue weighted by atomic mass is 14.7. The molecule has 15 heavy (non-hydrogen) atoms. The molecule has 0 amide bonds. The van der Waals surface area contributed by atoms with Gasteiger partial charge in [-0.1, -0.05) is 51.5 Å². The molecule has 1 heteroatoms. The molecule has 0 saturated carbocycles. The Morgan fingerprint density at radius 1 is 1.07 bits per heavy atom. The van der Waals surface area contributed by atoms with Crippen molar-refractivity contribution in [2.75, 3.05) is 0 Å². The van der Waals surface area contributed by atoms with E-state index in [4.69, 9.17) is 0 Å². The number of aromatic nitrogens is 1. The fourth-order valence-corrected chi connectivity index (χ4v) is 1.67. The minimum Gasteiger partial charge on any atom is -0.261 e. The van der Waals surface area contributed by atoms with Crippen LogP contribution in [0.5, 0.6) is 0 Å². The largest absolute Gasteiger partial charge is 0.261 e. The lowest BCUT2D eigenvalue weighted by atomic mass is 10.1. The summed E-state index contributed by atoms with van der Waals surface area (Å²) in [6, 6.07) is 6.07. The highest BCUT2D eigenvalue weighted by Gasteiger charge is 1.94. The summed E-state index contributed by atoms with van der Waals surface area (Å²) in [7, 11) is 0. The number of hydrogen-bond acceptors (Lipinski definition) is 1. The summed E-state index contributed by atoms with van der Waals surface area (Å²) >= 11 is 0. The Hall–Kier alpha value is -0.850. The molecule has 0 bridgehead atoms. The first-order chi connectivity index (χ1) is 7.43. The summed E-state index contributed by atoms with van der Waals surface area (Å²) in [4.78, 5) is 4.27. The predicted octanol–water partition coefficient (Wildman–Crippen LogP) is 4.38. The second-order valence-corrected chi connectivity index (χ2v) is 4.02. The molecule has 0 unspecified atom stereocenters. The van der Waals surface area contributed by atoms with Crippen molar-refractivity contribution in [2.45, 2.75) is 51.9 Å². The number of pyridine rings is 1. The van der Waals surface area contributed by atoms with E-state index in [-0.39, 0.29) is 0 Å². The van der Waals surface area contributed by atoms with Crippen molar-refractivity contribution >= 4 is 0 Å². The van der Waals surface area contributed by atoms with Crippen LogP contribution in [0, 0.1) is 6.42 Å². The van der Waals surface area contributed by atoms with Crippen LogP contribution in [-0.2, 0) is 0 Å². The van der Waals surface area contributed by atoms with E-state index >= 15 is 0 Å². The summed E-state index contributed by atoms with van der Waals surface area (Å²) in [6.07, 6.45) is 13.5. The van der Waals surface area contributed by atoms with Crippen LogP contribution < -0.4 is 0 Å². The Morgan fingerprint density at radius 3 is 2.60 bits per heavy atom. The van der Waals surface area contributed by atoms with Crippen LogP contribution in [0.2, 0.25) is 0 Å². The molecule has 83 valence electrons. The number of nitrogens with zero attached hydrogens (tertiary/aromatic N) is 1. The summed E-state index contributed by atoms with van der Waals surface area (Å²) in [5.74, 6) is 0. The second-order valence-electron chi connectivity index (χ2n) is 4.02. The molecule has 0 aliphatic carbocycles. The maximum absolute atomic E-state index is 4.27. The summed E-state index contributed by atoms with van der Waals surface area (Å²) in [6.45, 7) is 2.26. The van der Waals surface area contributed by atoms with Gasteiger partial charge in [0.1, 0.15) is 0 Å². The number of unbranched alkanes of at least 4 members (excludes halogenated alkanes) is 6. The van der Waals surface area contributed by atoms with E-state index in [2.05, 4.69) is 24.4 Å². The molecule has 1 aromatic heterocycles. The molecule has 0 saturated heterocycles. The van der Waals surface area contributed by atoms with Gasteiger partial charge in [-0.25, -0.2) is 0 Å². The molecule has 0 spiro atoms. The smallest absolute Gasteiger partial charge is 0.0441 e. The fourth-order valence-electron chi connectivity index (χ4n) is 1.67. The Morgan fingerprint density at radius 2 is 1.87 bits per heavy atom. The van der Waals surface area contributed by atoms with Gasteiger partial charge in [-0.05, 0) is 18.6 Å². The van der Waals surface area contributed by atoms with E-state index < -0.39 is 0 Å². The summed E-state index contributed by atoms with van der Waals surface area (Å²) < 4.78 is 0. The van der Waals surface area contributed by atoms with Crippen molar-refractivity contribution in [3.63, 3.8) is 0 Å². The fraction of sp³-hybridized carbons (Fsp3) is 0.571. The zero-order valence-corrected chi connectivity index (χ0v) is 9.78. The Bertz CT molecular complexity index is 230. The van der Waals surface area contributed by atoms with Crippen LogP contribution >= 0.6 is 0 Å². The van der Waals surface area contributed by atoms with E-state index in [0.717, 1.165) is 5.69 Å². The minimum absolute atomic E-state index is 1.12. The molecule has 1 rings (SSSR count). The van der Waals surface area contributed by atoms with Crippen molar-refractivity contribution in [2.24, 2.45) is 0 Å². The van der Waals surface area contributed by atoms with Gasteiger partial charge in [-0.15, -0.1) is 0 Å². The van der Waals surface area contributed by atoms with Gasteiger partial charge in [0.25, 0.3) is 0 Å². The molecule has 0 aliphatic heterocycles. The van der Waals surface area contributed by atoms with E-state index in [1.54, 1.807) is 0 Å². The van der Waals surface area contributed by atoms with Gasteiger partial charge in [-0.3, -0.25) is 4.98 Å². The van der Waals surface area contributed by atoms with E-state index in [1.165, 1.54) is 44.9 Å². The molecular formula is C14H22N. The standard InChI is InChI=1S/C14H22N/c1-2-3-4-5-6-7-8-11-14-12-9-10-13-15-14/h9-13H,2-8H2,1H3. The van der Waals surface area contributed by atoms with E-state index in [0.29, 0.717) is 0 Å². The molecule has 1 radical (unpaired) electrons. The van der Waals surface area contributed by atoms with Crippen molar-refractivity contribution in [1.29, 1.82) is 0 Å². The monoisotopic (exact) mass is 204 g/mol. The van der Waals surface area contributed by atoms with Gasteiger partial charge < -0.3 is 0 Å². The van der Waals surface area contributed by atoms with Gasteiger partial charge in [0.15, 0.2) is 0 Å². The number of rotatable bonds is 8. The lowest BCUT2D eigenvalue weighted by molar-refractivity contribution is 0.606. The SMILES string of the molecule is CCCCCCCC[CH]c1ccccn1. The van der Waals surface area contributed by atoms with Crippen LogP contribution in [-0.4, -0.2) is 4.98 Å². The quantitative estimate of drug-likeness (QED) is 0.572. The molecular weight excluding hydrogens is 182 g/mol. The van der Waals surface area contributed by atoms with Gasteiger partial charge in [-0.2, -0.15) is 0 Å². The van der Waals surface area contributed by atoms with Crippen LogP contribution in [0.4, 0.5) is 0 Å². The molecule has 0 aliphatic rings. The molecule has 0 atom stereocenters. The lowest BCUT2D eigenvalue weighted by Crippen LogP contribution is -1.86. The van der Waals surface area contributed by atoms with Crippen molar-refractivity contribution in [3.05, 3.63) is 36.5 Å². The molecule has 0 aromatic carbocycles. The van der Waals surface area contributed by atoms with Gasteiger partial charge in [0.2, 0.25) is 0 Å². The van der Waals surface area contributed by atoms with Crippen LogP contribution in [0.3, 0.4) is 0 Å². The Kier molecular flexibility index (Phi) is 6.89.